The van der Waals surface area contributed by atoms with E-state index >= 15 is 0 Å². The average Bonchev–Trinajstić information content (AvgIpc) is 2.81. The third-order valence-corrected chi connectivity index (χ3v) is 5.79. The van der Waals surface area contributed by atoms with Crippen molar-refractivity contribution in [2.75, 3.05) is 13.1 Å². The number of amides is 1. The molecule has 2 heterocycles. The van der Waals surface area contributed by atoms with E-state index in [1.54, 1.807) is 17.0 Å². The minimum Gasteiger partial charge on any atom is -0.508 e. The monoisotopic (exact) mass is 474 g/mol. The van der Waals surface area contributed by atoms with E-state index in [1.165, 1.54) is 12.1 Å². The van der Waals surface area contributed by atoms with Crippen molar-refractivity contribution >= 4 is 5.91 Å². The second-order valence-corrected chi connectivity index (χ2v) is 8.24. The number of phenolic OH excluding ortho intramolecular Hbond substituents is 1. The second-order valence-electron chi connectivity index (χ2n) is 8.24. The Morgan fingerprint density at radius 2 is 1.85 bits per heavy atom. The van der Waals surface area contributed by atoms with Crippen LogP contribution in [-0.4, -0.2) is 34.0 Å². The lowest BCUT2D eigenvalue weighted by Crippen LogP contribution is -2.39. The molecule has 2 aromatic carbocycles. The highest BCUT2D eigenvalue weighted by Crippen LogP contribution is 2.31. The van der Waals surface area contributed by atoms with Crippen LogP contribution in [0, 0.1) is 11.7 Å². The van der Waals surface area contributed by atoms with Crippen molar-refractivity contribution in [1.29, 1.82) is 0 Å². The summed E-state index contributed by atoms with van der Waals surface area (Å²) in [5.74, 6) is -0.422. The molecule has 1 aliphatic rings. The number of carbonyl (C=O) groups is 1. The van der Waals surface area contributed by atoms with Crippen LogP contribution in [0.5, 0.6) is 17.4 Å². The smallest absolute Gasteiger partial charge is 0.417 e. The topological polar surface area (TPSA) is 62.7 Å². The highest BCUT2D eigenvalue weighted by molar-refractivity contribution is 5.95. The molecular formula is C25H22F4N2O3. The van der Waals surface area contributed by atoms with Gasteiger partial charge in [-0.1, -0.05) is 12.1 Å². The van der Waals surface area contributed by atoms with Crippen LogP contribution < -0.4 is 4.74 Å². The van der Waals surface area contributed by atoms with Crippen molar-refractivity contribution in [1.82, 2.24) is 9.88 Å². The Morgan fingerprint density at radius 1 is 1.09 bits per heavy atom. The zero-order valence-corrected chi connectivity index (χ0v) is 18.1. The lowest BCUT2D eigenvalue weighted by Gasteiger charge is -2.32. The molecule has 34 heavy (non-hydrogen) atoms. The fourth-order valence-corrected chi connectivity index (χ4v) is 3.99. The molecule has 0 aliphatic carbocycles. The van der Waals surface area contributed by atoms with Gasteiger partial charge < -0.3 is 14.7 Å². The van der Waals surface area contributed by atoms with Gasteiger partial charge in [-0.2, -0.15) is 13.2 Å². The largest absolute Gasteiger partial charge is 0.508 e. The molecule has 1 N–H and O–H groups in total. The van der Waals surface area contributed by atoms with Gasteiger partial charge in [0.2, 0.25) is 5.88 Å². The molecule has 3 aromatic rings. The van der Waals surface area contributed by atoms with Gasteiger partial charge in [0.25, 0.3) is 5.91 Å². The molecule has 0 radical (unpaired) electrons. The van der Waals surface area contributed by atoms with Crippen LogP contribution in [0.15, 0.2) is 60.8 Å². The van der Waals surface area contributed by atoms with Gasteiger partial charge >= 0.3 is 6.18 Å². The molecule has 0 atom stereocenters. The maximum absolute atomic E-state index is 14.0. The molecule has 1 aliphatic heterocycles. The van der Waals surface area contributed by atoms with Crippen LogP contribution in [-0.2, 0) is 12.6 Å². The highest BCUT2D eigenvalue weighted by Gasteiger charge is 2.31. The van der Waals surface area contributed by atoms with E-state index in [0.717, 1.165) is 49.2 Å². The number of aromatic nitrogens is 1. The SMILES string of the molecule is O=C(c1cc(O)ccc1F)N1CCC(Cc2cccc(Oc3ccc(C(F)(F)F)cn3)c2)CC1. The standard InChI is InChI=1S/C25H22F4N2O3/c26-22-6-5-19(32)14-21(22)24(33)31-10-8-16(9-11-31)12-17-2-1-3-20(13-17)34-23-7-4-18(15-30-23)25(27,28)29/h1-7,13-16,32H,8-12H2. The summed E-state index contributed by atoms with van der Waals surface area (Å²) in [5.41, 5.74) is 0.0126. The van der Waals surface area contributed by atoms with E-state index in [-0.39, 0.29) is 17.2 Å². The van der Waals surface area contributed by atoms with Crippen LogP contribution >= 0.6 is 0 Å². The Balaban J connectivity index is 1.33. The predicted octanol–water partition coefficient (Wildman–Crippen LogP) is 5.83. The van der Waals surface area contributed by atoms with Crippen molar-refractivity contribution < 1.29 is 32.2 Å². The number of rotatable bonds is 5. The molecule has 0 unspecified atom stereocenters. The van der Waals surface area contributed by atoms with E-state index < -0.39 is 23.5 Å². The quantitative estimate of drug-likeness (QED) is 0.473. The molecule has 1 aromatic heterocycles. The van der Waals surface area contributed by atoms with E-state index in [4.69, 9.17) is 4.74 Å². The Labute approximate surface area is 193 Å². The molecule has 0 spiro atoms. The van der Waals surface area contributed by atoms with Gasteiger partial charge in [0.1, 0.15) is 17.3 Å². The zero-order chi connectivity index (χ0) is 24.3. The van der Waals surface area contributed by atoms with Crippen molar-refractivity contribution in [3.05, 3.63) is 83.3 Å². The number of phenols is 1. The van der Waals surface area contributed by atoms with E-state index in [0.29, 0.717) is 24.8 Å². The fourth-order valence-electron chi connectivity index (χ4n) is 3.99. The van der Waals surface area contributed by atoms with Crippen LogP contribution in [0.4, 0.5) is 17.6 Å². The third kappa shape index (κ3) is 5.65. The minimum atomic E-state index is -4.46. The van der Waals surface area contributed by atoms with Crippen molar-refractivity contribution in [3.8, 4) is 17.4 Å². The van der Waals surface area contributed by atoms with Gasteiger partial charge in [-0.15, -0.1) is 0 Å². The number of halogens is 4. The maximum Gasteiger partial charge on any atom is 0.417 e. The summed E-state index contributed by atoms with van der Waals surface area (Å²) >= 11 is 0. The summed E-state index contributed by atoms with van der Waals surface area (Å²) in [4.78, 5) is 17.9. The number of alkyl halides is 3. The van der Waals surface area contributed by atoms with Crippen molar-refractivity contribution in [2.24, 2.45) is 5.92 Å². The number of nitrogens with zero attached hydrogens (tertiary/aromatic N) is 2. The van der Waals surface area contributed by atoms with Gasteiger partial charge in [0, 0.05) is 25.4 Å². The number of aromatic hydroxyl groups is 1. The van der Waals surface area contributed by atoms with E-state index in [1.807, 2.05) is 12.1 Å². The summed E-state index contributed by atoms with van der Waals surface area (Å²) in [7, 11) is 0. The normalized spacial score (nSPS) is 14.8. The zero-order valence-electron chi connectivity index (χ0n) is 18.1. The van der Waals surface area contributed by atoms with Gasteiger partial charge in [-0.25, -0.2) is 9.37 Å². The molecule has 0 saturated carbocycles. The highest BCUT2D eigenvalue weighted by atomic mass is 19.4. The lowest BCUT2D eigenvalue weighted by molar-refractivity contribution is -0.137. The van der Waals surface area contributed by atoms with E-state index in [9.17, 15) is 27.5 Å². The molecule has 5 nitrogen and oxygen atoms in total. The first-order chi connectivity index (χ1) is 16.2. The van der Waals surface area contributed by atoms with Gasteiger partial charge in [0.05, 0.1) is 11.1 Å². The van der Waals surface area contributed by atoms with Gasteiger partial charge in [-0.3, -0.25) is 4.79 Å². The molecule has 178 valence electrons. The van der Waals surface area contributed by atoms with Crippen LogP contribution in [0.25, 0.3) is 0 Å². The minimum absolute atomic E-state index is 0.0659. The predicted molar refractivity (Wildman–Crippen MR) is 116 cm³/mol. The molecule has 1 fully saturated rings. The number of hydrogen-bond acceptors (Lipinski definition) is 4. The van der Waals surface area contributed by atoms with E-state index in [2.05, 4.69) is 4.98 Å². The lowest BCUT2D eigenvalue weighted by atomic mass is 9.90. The number of benzene rings is 2. The summed E-state index contributed by atoms with van der Waals surface area (Å²) in [5, 5.41) is 9.55. The summed E-state index contributed by atoms with van der Waals surface area (Å²) in [6.45, 7) is 0.953. The van der Waals surface area contributed by atoms with Crippen LogP contribution in [0.3, 0.4) is 0 Å². The second kappa shape index (κ2) is 9.70. The summed E-state index contributed by atoms with van der Waals surface area (Å²) in [6, 6.07) is 12.8. The first-order valence-corrected chi connectivity index (χ1v) is 10.8. The number of likely N-dealkylation sites (tertiary alicyclic amines) is 1. The maximum atomic E-state index is 14.0. The molecule has 4 rings (SSSR count). The number of ether oxygens (including phenoxy) is 1. The Morgan fingerprint density at radius 3 is 2.53 bits per heavy atom. The first kappa shape index (κ1) is 23.5. The summed E-state index contributed by atoms with van der Waals surface area (Å²) < 4.78 is 57.6. The van der Waals surface area contributed by atoms with Gasteiger partial charge in [-0.05, 0) is 67.1 Å². The molecule has 0 bridgehead atoms. The first-order valence-electron chi connectivity index (χ1n) is 10.8. The number of pyridine rings is 1. The Kier molecular flexibility index (Phi) is 6.72. The van der Waals surface area contributed by atoms with Crippen molar-refractivity contribution in [2.45, 2.75) is 25.4 Å². The summed E-state index contributed by atoms with van der Waals surface area (Å²) in [6.07, 6.45) is -1.52. The van der Waals surface area contributed by atoms with Crippen molar-refractivity contribution in [3.63, 3.8) is 0 Å². The number of hydrogen-bond donors (Lipinski definition) is 1. The molecule has 1 saturated heterocycles. The fraction of sp³-hybridized carbons (Fsp3) is 0.280. The Hall–Kier alpha value is -3.62. The average molecular weight is 474 g/mol. The number of piperidine rings is 1. The van der Waals surface area contributed by atoms with Crippen LogP contribution in [0.1, 0.15) is 34.3 Å². The Bertz CT molecular complexity index is 1160. The molecule has 9 heteroatoms. The van der Waals surface area contributed by atoms with Crippen LogP contribution in [0.2, 0.25) is 0 Å². The molecule has 1 amide bonds. The number of carbonyl (C=O) groups excluding carboxylic acids is 1. The van der Waals surface area contributed by atoms with Gasteiger partial charge in [0.15, 0.2) is 0 Å². The third-order valence-electron chi connectivity index (χ3n) is 5.79. The molecular weight excluding hydrogens is 452 g/mol.